The third-order valence-electron chi connectivity index (χ3n) is 4.27. The van der Waals surface area contributed by atoms with Crippen molar-refractivity contribution in [1.82, 2.24) is 5.32 Å². The third kappa shape index (κ3) is 3.18. The lowest BCUT2D eigenvalue weighted by Crippen LogP contribution is -2.47. The first-order chi connectivity index (χ1) is 9.53. The van der Waals surface area contributed by atoms with Crippen LogP contribution in [0.4, 0.5) is 0 Å². The molecule has 1 amide bonds. The van der Waals surface area contributed by atoms with Gasteiger partial charge in [0.2, 0.25) is 5.91 Å². The number of benzene rings is 1. The Morgan fingerprint density at radius 1 is 1.30 bits per heavy atom. The summed E-state index contributed by atoms with van der Waals surface area (Å²) in [6.45, 7) is 2.29. The first-order valence-corrected chi connectivity index (χ1v) is 7.08. The third-order valence-corrected chi connectivity index (χ3v) is 4.27. The molecule has 2 rings (SSSR count). The molecule has 0 aliphatic heterocycles. The van der Waals surface area contributed by atoms with Crippen molar-refractivity contribution in [2.45, 2.75) is 39.0 Å². The van der Waals surface area contributed by atoms with Crippen molar-refractivity contribution >= 4 is 11.9 Å². The van der Waals surface area contributed by atoms with Gasteiger partial charge in [-0.05, 0) is 37.3 Å². The molecule has 1 fully saturated rings. The highest BCUT2D eigenvalue weighted by molar-refractivity contribution is 5.79. The van der Waals surface area contributed by atoms with Crippen LogP contribution in [0.25, 0.3) is 0 Å². The van der Waals surface area contributed by atoms with Gasteiger partial charge in [-0.15, -0.1) is 0 Å². The van der Waals surface area contributed by atoms with Crippen LogP contribution in [0.3, 0.4) is 0 Å². The maximum absolute atomic E-state index is 11.8. The molecule has 1 saturated carbocycles. The van der Waals surface area contributed by atoms with Crippen LogP contribution in [0.5, 0.6) is 0 Å². The molecule has 20 heavy (non-hydrogen) atoms. The van der Waals surface area contributed by atoms with Crippen molar-refractivity contribution in [2.24, 2.45) is 5.41 Å². The highest BCUT2D eigenvalue weighted by Crippen LogP contribution is 2.40. The summed E-state index contributed by atoms with van der Waals surface area (Å²) in [6.07, 6.45) is 3.37. The van der Waals surface area contributed by atoms with E-state index in [1.54, 1.807) is 0 Å². The lowest BCUT2D eigenvalue weighted by atomic mass is 9.69. The molecule has 4 nitrogen and oxygen atoms in total. The van der Waals surface area contributed by atoms with Gasteiger partial charge in [-0.1, -0.05) is 30.7 Å². The van der Waals surface area contributed by atoms with E-state index in [2.05, 4.69) is 5.32 Å². The SMILES string of the molecule is Cc1ccccc1CCC(=O)NCC1(C(=O)O)CCC1. The Hall–Kier alpha value is -1.84. The highest BCUT2D eigenvalue weighted by atomic mass is 16.4. The van der Waals surface area contributed by atoms with Crippen LogP contribution in [0, 0.1) is 12.3 Å². The smallest absolute Gasteiger partial charge is 0.311 e. The molecule has 1 aromatic carbocycles. The number of rotatable bonds is 6. The Morgan fingerprint density at radius 3 is 2.55 bits per heavy atom. The number of carboxylic acids is 1. The first-order valence-electron chi connectivity index (χ1n) is 7.08. The van der Waals surface area contributed by atoms with Crippen LogP contribution in [0.2, 0.25) is 0 Å². The van der Waals surface area contributed by atoms with E-state index >= 15 is 0 Å². The lowest BCUT2D eigenvalue weighted by Gasteiger charge is -2.37. The van der Waals surface area contributed by atoms with E-state index in [9.17, 15) is 14.7 Å². The number of carboxylic acid groups (broad SMARTS) is 1. The van der Waals surface area contributed by atoms with Crippen molar-refractivity contribution in [1.29, 1.82) is 0 Å². The van der Waals surface area contributed by atoms with Crippen LogP contribution in [0.15, 0.2) is 24.3 Å². The van der Waals surface area contributed by atoms with Gasteiger partial charge in [0.1, 0.15) is 0 Å². The van der Waals surface area contributed by atoms with E-state index in [1.165, 1.54) is 11.1 Å². The molecule has 0 radical (unpaired) electrons. The quantitative estimate of drug-likeness (QED) is 0.837. The second-order valence-corrected chi connectivity index (χ2v) is 5.64. The van der Waals surface area contributed by atoms with Gasteiger partial charge < -0.3 is 10.4 Å². The molecule has 1 aliphatic rings. The van der Waals surface area contributed by atoms with Crippen LogP contribution in [-0.2, 0) is 16.0 Å². The molecule has 1 aliphatic carbocycles. The summed E-state index contributed by atoms with van der Waals surface area (Å²) in [5.74, 6) is -0.858. The molecule has 0 bridgehead atoms. The predicted octanol–water partition coefficient (Wildman–Crippen LogP) is 2.30. The molecule has 0 unspecified atom stereocenters. The summed E-state index contributed by atoms with van der Waals surface area (Å²) in [7, 11) is 0. The van der Waals surface area contributed by atoms with Crippen molar-refractivity contribution in [3.63, 3.8) is 0 Å². The van der Waals surface area contributed by atoms with Crippen molar-refractivity contribution in [2.75, 3.05) is 6.54 Å². The number of amides is 1. The zero-order valence-electron chi connectivity index (χ0n) is 11.8. The molecular formula is C16H21NO3. The fourth-order valence-corrected chi connectivity index (χ4v) is 2.56. The van der Waals surface area contributed by atoms with Crippen LogP contribution >= 0.6 is 0 Å². The highest BCUT2D eigenvalue weighted by Gasteiger charge is 2.44. The zero-order valence-corrected chi connectivity index (χ0v) is 11.8. The topological polar surface area (TPSA) is 66.4 Å². The first kappa shape index (κ1) is 14.6. The largest absolute Gasteiger partial charge is 0.481 e. The minimum atomic E-state index is -0.789. The summed E-state index contributed by atoms with van der Waals surface area (Å²) >= 11 is 0. The number of carbonyl (C=O) groups is 2. The Bertz CT molecular complexity index is 506. The second-order valence-electron chi connectivity index (χ2n) is 5.64. The number of aliphatic carboxylic acids is 1. The van der Waals surface area contributed by atoms with E-state index in [0.717, 1.165) is 6.42 Å². The summed E-state index contributed by atoms with van der Waals surface area (Å²) in [6, 6.07) is 7.99. The standard InChI is InChI=1S/C16H21NO3/c1-12-5-2-3-6-13(12)7-8-14(18)17-11-16(15(19)20)9-4-10-16/h2-3,5-6H,4,7-11H2,1H3,(H,17,18)(H,19,20). The van der Waals surface area contributed by atoms with Crippen LogP contribution < -0.4 is 5.32 Å². The maximum Gasteiger partial charge on any atom is 0.311 e. The van der Waals surface area contributed by atoms with Crippen molar-refractivity contribution < 1.29 is 14.7 Å². The number of aryl methyl sites for hydroxylation is 2. The molecule has 1 aromatic rings. The second kappa shape index (κ2) is 6.07. The van der Waals surface area contributed by atoms with Gasteiger partial charge in [-0.25, -0.2) is 0 Å². The Morgan fingerprint density at radius 2 is 2.00 bits per heavy atom. The predicted molar refractivity (Wildman–Crippen MR) is 76.4 cm³/mol. The number of hydrogen-bond donors (Lipinski definition) is 2. The average molecular weight is 275 g/mol. The Labute approximate surface area is 119 Å². The van der Waals surface area contributed by atoms with Crippen LogP contribution in [-0.4, -0.2) is 23.5 Å². The molecule has 2 N–H and O–H groups in total. The molecule has 0 heterocycles. The lowest BCUT2D eigenvalue weighted by molar-refractivity contribution is -0.154. The molecule has 4 heteroatoms. The summed E-state index contributed by atoms with van der Waals surface area (Å²) in [5.41, 5.74) is 1.64. The molecule has 0 atom stereocenters. The Balaban J connectivity index is 1.79. The molecule has 0 aromatic heterocycles. The molecule has 108 valence electrons. The van der Waals surface area contributed by atoms with E-state index in [1.807, 2.05) is 31.2 Å². The number of hydrogen-bond acceptors (Lipinski definition) is 2. The van der Waals surface area contributed by atoms with Gasteiger partial charge in [0.15, 0.2) is 0 Å². The van der Waals surface area contributed by atoms with Gasteiger partial charge in [0, 0.05) is 13.0 Å². The summed E-state index contributed by atoms with van der Waals surface area (Å²) < 4.78 is 0. The van der Waals surface area contributed by atoms with Crippen molar-refractivity contribution in [3.05, 3.63) is 35.4 Å². The minimum Gasteiger partial charge on any atom is -0.481 e. The van der Waals surface area contributed by atoms with E-state index in [-0.39, 0.29) is 12.5 Å². The molecule has 0 spiro atoms. The fourth-order valence-electron chi connectivity index (χ4n) is 2.56. The number of carbonyl (C=O) groups excluding carboxylic acids is 1. The van der Waals surface area contributed by atoms with Gasteiger partial charge in [0.25, 0.3) is 0 Å². The van der Waals surface area contributed by atoms with Gasteiger partial charge >= 0.3 is 5.97 Å². The summed E-state index contributed by atoms with van der Waals surface area (Å²) in [4.78, 5) is 23.0. The van der Waals surface area contributed by atoms with E-state index in [0.29, 0.717) is 25.7 Å². The molecular weight excluding hydrogens is 254 g/mol. The normalized spacial score (nSPS) is 16.2. The number of nitrogens with one attached hydrogen (secondary N) is 1. The van der Waals surface area contributed by atoms with E-state index < -0.39 is 11.4 Å². The molecule has 0 saturated heterocycles. The Kier molecular flexibility index (Phi) is 4.42. The maximum atomic E-state index is 11.8. The average Bonchev–Trinajstić information content (AvgIpc) is 2.36. The minimum absolute atomic E-state index is 0.0687. The monoisotopic (exact) mass is 275 g/mol. The zero-order chi connectivity index (χ0) is 14.6. The van der Waals surface area contributed by atoms with Gasteiger partial charge in [-0.3, -0.25) is 9.59 Å². The van der Waals surface area contributed by atoms with E-state index in [4.69, 9.17) is 0 Å². The summed E-state index contributed by atoms with van der Waals surface area (Å²) in [5, 5.41) is 12.0. The van der Waals surface area contributed by atoms with Crippen molar-refractivity contribution in [3.8, 4) is 0 Å². The fraction of sp³-hybridized carbons (Fsp3) is 0.500. The van der Waals surface area contributed by atoms with Crippen LogP contribution in [0.1, 0.15) is 36.8 Å². The van der Waals surface area contributed by atoms with Gasteiger partial charge in [-0.2, -0.15) is 0 Å². The van der Waals surface area contributed by atoms with Gasteiger partial charge in [0.05, 0.1) is 5.41 Å².